The molecule has 2 aromatic heterocycles. The molecule has 2 amide bonds. The predicted octanol–water partition coefficient (Wildman–Crippen LogP) is 3.85. The molecule has 35 heavy (non-hydrogen) atoms. The Morgan fingerprint density at radius 1 is 1.37 bits per heavy atom. The Bertz CT molecular complexity index is 1240. The van der Waals surface area contributed by atoms with Gasteiger partial charge in [0.15, 0.2) is 11.4 Å². The van der Waals surface area contributed by atoms with E-state index in [0.29, 0.717) is 12.3 Å². The first-order chi connectivity index (χ1) is 16.7. The maximum absolute atomic E-state index is 15.6. The number of fused-ring (bicyclic) bond motifs is 2. The van der Waals surface area contributed by atoms with Crippen molar-refractivity contribution in [1.82, 2.24) is 19.6 Å². The van der Waals surface area contributed by atoms with Crippen molar-refractivity contribution in [3.05, 3.63) is 53.5 Å². The van der Waals surface area contributed by atoms with E-state index in [1.54, 1.807) is 60.8 Å². The highest BCUT2D eigenvalue weighted by atomic mass is 19.1. The second kappa shape index (κ2) is 8.48. The third-order valence-electron chi connectivity index (χ3n) is 7.41. The number of ether oxygens (including phenoxy) is 2. The minimum atomic E-state index is -0.664. The first-order valence-electron chi connectivity index (χ1n) is 12.1. The van der Waals surface area contributed by atoms with E-state index in [1.165, 1.54) is 0 Å². The molecular formula is C26H31FN4O4. The summed E-state index contributed by atoms with van der Waals surface area (Å²) in [7, 11) is 0. The van der Waals surface area contributed by atoms with Crippen molar-refractivity contribution in [1.29, 1.82) is 0 Å². The summed E-state index contributed by atoms with van der Waals surface area (Å²) in [4.78, 5) is 30.5. The number of imidazole rings is 1. The zero-order chi connectivity index (χ0) is 25.0. The number of pyridine rings is 1. The largest absolute Gasteiger partial charge is 0.487 e. The highest BCUT2D eigenvalue weighted by Gasteiger charge is 2.66. The normalized spacial score (nSPS) is 25.8. The molecule has 2 aromatic rings. The zero-order valence-corrected chi connectivity index (χ0v) is 20.5. The fraction of sp³-hybridized carbons (Fsp3) is 0.500. The second-order valence-electron chi connectivity index (χ2n) is 10.2. The quantitative estimate of drug-likeness (QED) is 0.434. The van der Waals surface area contributed by atoms with Crippen LogP contribution in [0.15, 0.2) is 36.4 Å². The lowest BCUT2D eigenvalue weighted by Gasteiger charge is -2.65. The summed E-state index contributed by atoms with van der Waals surface area (Å²) in [5.41, 5.74) is 1.08. The van der Waals surface area contributed by atoms with E-state index in [2.05, 4.69) is 17.2 Å². The van der Waals surface area contributed by atoms with Gasteiger partial charge >= 0.3 is 0 Å². The van der Waals surface area contributed by atoms with E-state index in [1.807, 2.05) is 0 Å². The number of nitrogens with one attached hydrogen (secondary N) is 1. The van der Waals surface area contributed by atoms with Gasteiger partial charge in [0, 0.05) is 30.3 Å². The lowest BCUT2D eigenvalue weighted by molar-refractivity contribution is -0.276. The molecule has 3 fully saturated rings. The number of rotatable bonds is 9. The van der Waals surface area contributed by atoms with Gasteiger partial charge in [-0.3, -0.25) is 9.59 Å². The van der Waals surface area contributed by atoms with E-state index in [-0.39, 0.29) is 40.1 Å². The minimum absolute atomic E-state index is 0.0793. The van der Waals surface area contributed by atoms with Gasteiger partial charge < -0.3 is 24.1 Å². The lowest BCUT2D eigenvalue weighted by atomic mass is 9.52. The van der Waals surface area contributed by atoms with Crippen LogP contribution in [0.25, 0.3) is 5.65 Å². The molecule has 5 rings (SSSR count). The van der Waals surface area contributed by atoms with Crippen molar-refractivity contribution in [2.45, 2.75) is 76.5 Å². The van der Waals surface area contributed by atoms with Crippen LogP contribution in [0.5, 0.6) is 5.75 Å². The average Bonchev–Trinajstić information content (AvgIpc) is 3.56. The maximum Gasteiger partial charge on any atom is 0.260 e. The van der Waals surface area contributed by atoms with Crippen molar-refractivity contribution in [3.63, 3.8) is 0 Å². The smallest absolute Gasteiger partial charge is 0.260 e. The fourth-order valence-corrected chi connectivity index (χ4v) is 4.89. The van der Waals surface area contributed by atoms with Crippen LogP contribution < -0.4 is 10.1 Å². The van der Waals surface area contributed by atoms with Gasteiger partial charge in [-0.1, -0.05) is 0 Å². The van der Waals surface area contributed by atoms with Gasteiger partial charge in [-0.15, -0.1) is 0 Å². The van der Waals surface area contributed by atoms with Gasteiger partial charge in [0.05, 0.1) is 29.4 Å². The first-order valence-corrected chi connectivity index (χ1v) is 12.1. The topological polar surface area (TPSA) is 85.2 Å². The van der Waals surface area contributed by atoms with Crippen LogP contribution in [0.4, 0.5) is 4.39 Å². The number of hydrogen-bond donors (Lipinski definition) is 1. The Morgan fingerprint density at radius 3 is 2.69 bits per heavy atom. The summed E-state index contributed by atoms with van der Waals surface area (Å²) in [6.45, 7) is 7.92. The van der Waals surface area contributed by atoms with Crippen molar-refractivity contribution in [2.75, 3.05) is 6.61 Å². The van der Waals surface area contributed by atoms with Gasteiger partial charge in [0.2, 0.25) is 12.2 Å². The second-order valence-corrected chi connectivity index (χ2v) is 10.2. The molecule has 1 saturated heterocycles. The van der Waals surface area contributed by atoms with Crippen molar-refractivity contribution in [2.24, 2.45) is 0 Å². The van der Waals surface area contributed by atoms with E-state index < -0.39 is 11.7 Å². The molecule has 0 bridgehead atoms. The molecule has 2 atom stereocenters. The van der Waals surface area contributed by atoms with E-state index in [0.717, 1.165) is 37.8 Å². The molecule has 0 radical (unpaired) electrons. The molecule has 1 unspecified atom stereocenters. The Morgan fingerprint density at radius 2 is 2.14 bits per heavy atom. The van der Waals surface area contributed by atoms with Gasteiger partial charge in [0.25, 0.3) is 5.91 Å². The number of hydrogen-bond acceptors (Lipinski definition) is 5. The van der Waals surface area contributed by atoms with Gasteiger partial charge in [-0.05, 0) is 65.5 Å². The van der Waals surface area contributed by atoms with Crippen LogP contribution in [0, 0.1) is 5.82 Å². The third kappa shape index (κ3) is 3.91. The number of nitrogens with zero attached hydrogens (tertiary/aromatic N) is 3. The van der Waals surface area contributed by atoms with E-state index in [4.69, 9.17) is 9.47 Å². The van der Waals surface area contributed by atoms with Crippen molar-refractivity contribution < 1.29 is 23.5 Å². The van der Waals surface area contributed by atoms with E-state index >= 15 is 4.39 Å². The molecule has 0 aromatic carbocycles. The monoisotopic (exact) mass is 482 g/mol. The van der Waals surface area contributed by atoms with E-state index in [9.17, 15) is 9.59 Å². The van der Waals surface area contributed by atoms with Crippen molar-refractivity contribution in [3.8, 4) is 5.75 Å². The van der Waals surface area contributed by atoms with Gasteiger partial charge in [-0.2, -0.15) is 4.39 Å². The first kappa shape index (κ1) is 23.5. The molecule has 3 aliphatic rings. The summed E-state index contributed by atoms with van der Waals surface area (Å²) in [6.07, 6.45) is 12.8. The number of allylic oxidation sites excluding steroid dienone is 3. The SMILES string of the molecule is C/C(=C\C=C/N(C=O)C1CC1)NC(=O)c1cn2cc([C@]34CCC3(C)OC4)nc2c(F)c1OC(C)C. The van der Waals surface area contributed by atoms with Gasteiger partial charge in [0.1, 0.15) is 5.56 Å². The van der Waals surface area contributed by atoms with Crippen LogP contribution in [-0.2, 0) is 14.9 Å². The van der Waals surface area contributed by atoms with Crippen LogP contribution in [0.2, 0.25) is 0 Å². The number of aromatic nitrogens is 2. The summed E-state index contributed by atoms with van der Waals surface area (Å²) >= 11 is 0. The Kier molecular flexibility index (Phi) is 5.70. The Balaban J connectivity index is 1.43. The number of amides is 2. The number of carbonyl (C=O) groups is 2. The molecule has 1 aliphatic heterocycles. The molecule has 1 N–H and O–H groups in total. The molecular weight excluding hydrogens is 451 g/mol. The van der Waals surface area contributed by atoms with Crippen LogP contribution in [-0.4, -0.2) is 51.0 Å². The molecule has 0 spiro atoms. The summed E-state index contributed by atoms with van der Waals surface area (Å²) in [6, 6.07) is 0.265. The molecule has 186 valence electrons. The van der Waals surface area contributed by atoms with Crippen molar-refractivity contribution >= 4 is 18.0 Å². The standard InChI is InChI=1S/C26H31FN4O4/c1-16(2)35-22-19(24(33)28-17(3)6-5-11-30(15-32)18-7-8-18)12-31-13-20(29-23(31)21(22)27)26-10-9-25(26,4)34-14-26/h5-6,11-13,15-16,18H,7-10,14H2,1-4H3,(H,28,33)/b11-5-,17-6+/t25?,26-/m1/s1. The average molecular weight is 483 g/mol. The summed E-state index contributed by atoms with van der Waals surface area (Å²) < 4.78 is 28.7. The molecule has 2 saturated carbocycles. The van der Waals surface area contributed by atoms with Gasteiger partial charge in [-0.25, -0.2) is 4.98 Å². The molecule has 3 heterocycles. The zero-order valence-electron chi connectivity index (χ0n) is 20.5. The number of carbonyl (C=O) groups excluding carboxylic acids is 2. The predicted molar refractivity (Wildman–Crippen MR) is 127 cm³/mol. The molecule has 8 nitrogen and oxygen atoms in total. The summed E-state index contributed by atoms with van der Waals surface area (Å²) in [5, 5.41) is 2.79. The van der Waals surface area contributed by atoms with Crippen LogP contribution in [0.1, 0.15) is 69.4 Å². The molecule has 2 aliphatic carbocycles. The summed E-state index contributed by atoms with van der Waals surface area (Å²) in [5.74, 6) is -1.28. The van der Waals surface area contributed by atoms with Crippen LogP contribution >= 0.6 is 0 Å². The lowest BCUT2D eigenvalue weighted by Crippen LogP contribution is -2.71. The van der Waals surface area contributed by atoms with Crippen LogP contribution in [0.3, 0.4) is 0 Å². The fourth-order valence-electron chi connectivity index (χ4n) is 4.89. The number of halogens is 1. The Labute approximate surface area is 203 Å². The highest BCUT2D eigenvalue weighted by molar-refractivity contribution is 5.98. The minimum Gasteiger partial charge on any atom is -0.487 e. The highest BCUT2D eigenvalue weighted by Crippen LogP contribution is 2.60. The maximum atomic E-state index is 15.6. The molecule has 9 heteroatoms. The Hall–Kier alpha value is -3.20. The third-order valence-corrected chi connectivity index (χ3v) is 7.41.